The standard InChI is InChI=1S/C21H27N3O2/c1-16-7-6-12-24(14-16)15-18-9-4-3-8-17(18)13-23-20(25)19-10-5-11-22-21(19)26-2/h3-5,8-11,16H,6-7,12-15H2,1-2H3,(H,23,25). The van der Waals surface area contributed by atoms with Crippen molar-refractivity contribution >= 4 is 5.91 Å². The molecule has 1 aromatic carbocycles. The van der Waals surface area contributed by atoms with Gasteiger partial charge in [-0.1, -0.05) is 31.2 Å². The third-order valence-corrected chi connectivity index (χ3v) is 4.90. The normalized spacial score (nSPS) is 17.7. The van der Waals surface area contributed by atoms with Crippen molar-refractivity contribution in [3.05, 3.63) is 59.3 Å². The van der Waals surface area contributed by atoms with Crippen LogP contribution >= 0.6 is 0 Å². The first-order chi connectivity index (χ1) is 12.7. The third-order valence-electron chi connectivity index (χ3n) is 4.90. The van der Waals surface area contributed by atoms with Crippen LogP contribution in [0.4, 0.5) is 0 Å². The van der Waals surface area contributed by atoms with Gasteiger partial charge in [0.2, 0.25) is 5.88 Å². The maximum Gasteiger partial charge on any atom is 0.257 e. The van der Waals surface area contributed by atoms with Gasteiger partial charge in [0, 0.05) is 25.8 Å². The molecule has 0 saturated carbocycles. The lowest BCUT2D eigenvalue weighted by Crippen LogP contribution is -2.34. The summed E-state index contributed by atoms with van der Waals surface area (Å²) in [5.41, 5.74) is 2.89. The highest BCUT2D eigenvalue weighted by Crippen LogP contribution is 2.20. The zero-order valence-corrected chi connectivity index (χ0v) is 15.6. The number of likely N-dealkylation sites (tertiary alicyclic amines) is 1. The molecule has 0 bridgehead atoms. The smallest absolute Gasteiger partial charge is 0.257 e. The van der Waals surface area contributed by atoms with Crippen LogP contribution in [-0.2, 0) is 13.1 Å². The Morgan fingerprint density at radius 1 is 1.27 bits per heavy atom. The second-order valence-corrected chi connectivity index (χ2v) is 6.99. The molecule has 2 heterocycles. The van der Waals surface area contributed by atoms with E-state index < -0.39 is 0 Å². The fourth-order valence-corrected chi connectivity index (χ4v) is 3.55. The Labute approximate surface area is 155 Å². The monoisotopic (exact) mass is 353 g/mol. The summed E-state index contributed by atoms with van der Waals surface area (Å²) in [4.78, 5) is 19.1. The molecule has 2 aromatic rings. The topological polar surface area (TPSA) is 54.5 Å². The van der Waals surface area contributed by atoms with Gasteiger partial charge in [0.1, 0.15) is 5.56 Å². The largest absolute Gasteiger partial charge is 0.480 e. The van der Waals surface area contributed by atoms with Gasteiger partial charge in [-0.2, -0.15) is 0 Å². The van der Waals surface area contributed by atoms with Crippen LogP contribution in [0.2, 0.25) is 0 Å². The molecule has 1 aliphatic heterocycles. The van der Waals surface area contributed by atoms with E-state index in [1.807, 2.05) is 6.07 Å². The quantitative estimate of drug-likeness (QED) is 0.866. The summed E-state index contributed by atoms with van der Waals surface area (Å²) in [5, 5.41) is 3.00. The number of piperidine rings is 1. The number of aromatic nitrogens is 1. The van der Waals surface area contributed by atoms with Gasteiger partial charge in [-0.3, -0.25) is 9.69 Å². The molecular weight excluding hydrogens is 326 g/mol. The fraction of sp³-hybridized carbons (Fsp3) is 0.429. The first-order valence-corrected chi connectivity index (χ1v) is 9.23. The summed E-state index contributed by atoms with van der Waals surface area (Å²) in [6.07, 6.45) is 4.20. The highest BCUT2D eigenvalue weighted by Gasteiger charge is 2.18. The Bertz CT molecular complexity index is 748. The molecule has 5 nitrogen and oxygen atoms in total. The van der Waals surface area contributed by atoms with E-state index in [4.69, 9.17) is 4.74 Å². The Balaban J connectivity index is 1.65. The van der Waals surface area contributed by atoms with Gasteiger partial charge in [0.15, 0.2) is 0 Å². The number of rotatable bonds is 6. The van der Waals surface area contributed by atoms with Gasteiger partial charge in [0.25, 0.3) is 5.91 Å². The van der Waals surface area contributed by atoms with E-state index in [1.54, 1.807) is 18.3 Å². The summed E-state index contributed by atoms with van der Waals surface area (Å²) >= 11 is 0. The molecule has 0 aliphatic carbocycles. The second-order valence-electron chi connectivity index (χ2n) is 6.99. The van der Waals surface area contributed by atoms with Crippen LogP contribution < -0.4 is 10.1 Å². The highest BCUT2D eigenvalue weighted by molar-refractivity contribution is 5.96. The van der Waals surface area contributed by atoms with Crippen LogP contribution in [0.25, 0.3) is 0 Å². The van der Waals surface area contributed by atoms with Gasteiger partial charge in [-0.05, 0) is 48.6 Å². The van der Waals surface area contributed by atoms with E-state index in [9.17, 15) is 4.79 Å². The molecule has 5 heteroatoms. The van der Waals surface area contributed by atoms with Crippen LogP contribution in [-0.4, -0.2) is 36.0 Å². The van der Waals surface area contributed by atoms with E-state index in [1.165, 1.54) is 25.5 Å². The summed E-state index contributed by atoms with van der Waals surface area (Å²) < 4.78 is 5.17. The molecule has 1 atom stereocenters. The summed E-state index contributed by atoms with van der Waals surface area (Å²) in [7, 11) is 1.52. The number of nitrogens with zero attached hydrogens (tertiary/aromatic N) is 2. The molecule has 1 fully saturated rings. The van der Waals surface area contributed by atoms with Gasteiger partial charge in [-0.25, -0.2) is 4.98 Å². The predicted molar refractivity (Wildman–Crippen MR) is 102 cm³/mol. The summed E-state index contributed by atoms with van der Waals surface area (Å²) in [6, 6.07) is 11.8. The first kappa shape index (κ1) is 18.4. The number of hydrogen-bond acceptors (Lipinski definition) is 4. The zero-order valence-electron chi connectivity index (χ0n) is 15.6. The van der Waals surface area contributed by atoms with Crippen molar-refractivity contribution < 1.29 is 9.53 Å². The van der Waals surface area contributed by atoms with E-state index in [2.05, 4.69) is 40.3 Å². The lowest BCUT2D eigenvalue weighted by Gasteiger charge is -2.31. The summed E-state index contributed by atoms with van der Waals surface area (Å²) in [5.74, 6) is 0.936. The van der Waals surface area contributed by atoms with E-state index >= 15 is 0 Å². The van der Waals surface area contributed by atoms with Crippen LogP contribution in [0, 0.1) is 5.92 Å². The molecule has 0 radical (unpaired) electrons. The number of benzene rings is 1. The van der Waals surface area contributed by atoms with Gasteiger partial charge in [-0.15, -0.1) is 0 Å². The van der Waals surface area contributed by atoms with Crippen molar-refractivity contribution in [2.75, 3.05) is 20.2 Å². The van der Waals surface area contributed by atoms with Crippen molar-refractivity contribution in [3.63, 3.8) is 0 Å². The van der Waals surface area contributed by atoms with Crippen LogP contribution in [0.1, 0.15) is 41.3 Å². The Morgan fingerprint density at radius 3 is 2.85 bits per heavy atom. The molecule has 1 unspecified atom stereocenters. The molecule has 1 saturated heterocycles. The van der Waals surface area contributed by atoms with Gasteiger partial charge >= 0.3 is 0 Å². The van der Waals surface area contributed by atoms with Crippen LogP contribution in [0.3, 0.4) is 0 Å². The number of nitrogens with one attached hydrogen (secondary N) is 1. The van der Waals surface area contributed by atoms with E-state index in [0.29, 0.717) is 18.0 Å². The van der Waals surface area contributed by atoms with E-state index in [0.717, 1.165) is 31.1 Å². The van der Waals surface area contributed by atoms with Crippen LogP contribution in [0.5, 0.6) is 5.88 Å². The maximum absolute atomic E-state index is 12.5. The Kier molecular flexibility index (Phi) is 6.23. The molecule has 26 heavy (non-hydrogen) atoms. The Hall–Kier alpha value is -2.40. The second kappa shape index (κ2) is 8.81. The number of amides is 1. The molecule has 1 aromatic heterocycles. The molecule has 1 N–H and O–H groups in total. The maximum atomic E-state index is 12.5. The third kappa shape index (κ3) is 4.61. The SMILES string of the molecule is COc1ncccc1C(=O)NCc1ccccc1CN1CCCC(C)C1. The lowest BCUT2D eigenvalue weighted by atomic mass is 9.99. The predicted octanol–water partition coefficient (Wildman–Crippen LogP) is 3.25. The van der Waals surface area contributed by atoms with Crippen molar-refractivity contribution in [1.82, 2.24) is 15.2 Å². The number of carbonyl (C=O) groups is 1. The van der Waals surface area contributed by atoms with Crippen molar-refractivity contribution in [2.45, 2.75) is 32.9 Å². The average Bonchev–Trinajstić information content (AvgIpc) is 2.67. The molecule has 1 aliphatic rings. The van der Waals surface area contributed by atoms with Gasteiger partial charge in [0.05, 0.1) is 7.11 Å². The number of hydrogen-bond donors (Lipinski definition) is 1. The number of carbonyl (C=O) groups excluding carboxylic acids is 1. The number of methoxy groups -OCH3 is 1. The molecule has 138 valence electrons. The lowest BCUT2D eigenvalue weighted by molar-refractivity contribution is 0.0947. The number of ether oxygens (including phenoxy) is 1. The number of pyridine rings is 1. The van der Waals surface area contributed by atoms with Crippen molar-refractivity contribution in [1.29, 1.82) is 0 Å². The van der Waals surface area contributed by atoms with Crippen molar-refractivity contribution in [3.8, 4) is 5.88 Å². The minimum Gasteiger partial charge on any atom is -0.480 e. The molecular formula is C21H27N3O2. The zero-order chi connectivity index (χ0) is 18.4. The summed E-state index contributed by atoms with van der Waals surface area (Å²) in [6.45, 7) is 6.05. The minimum atomic E-state index is -0.170. The average molecular weight is 353 g/mol. The first-order valence-electron chi connectivity index (χ1n) is 9.23. The molecule has 1 amide bonds. The molecule has 0 spiro atoms. The van der Waals surface area contributed by atoms with Crippen molar-refractivity contribution in [2.24, 2.45) is 5.92 Å². The fourth-order valence-electron chi connectivity index (χ4n) is 3.55. The minimum absolute atomic E-state index is 0.170. The highest BCUT2D eigenvalue weighted by atomic mass is 16.5. The molecule has 3 rings (SSSR count). The Morgan fingerprint density at radius 2 is 2.08 bits per heavy atom. The van der Waals surface area contributed by atoms with E-state index in [-0.39, 0.29) is 5.91 Å². The van der Waals surface area contributed by atoms with Crippen LogP contribution in [0.15, 0.2) is 42.6 Å². The van der Waals surface area contributed by atoms with Gasteiger partial charge < -0.3 is 10.1 Å².